The number of benzene rings is 1. The number of hydrogen-bond donors (Lipinski definition) is 0. The molecule has 102 valence electrons. The topological polar surface area (TPSA) is 38.8 Å². The van der Waals surface area contributed by atoms with Gasteiger partial charge >= 0.3 is 0 Å². The second kappa shape index (κ2) is 5.11. The minimum Gasteiger partial charge on any atom is -0.486 e. The van der Waals surface area contributed by atoms with Crippen LogP contribution in [0.15, 0.2) is 12.1 Å². The van der Waals surface area contributed by atoms with Gasteiger partial charge in [0.15, 0.2) is 11.5 Å². The molecule has 0 atom stereocenters. The maximum absolute atomic E-state index is 12.0. The summed E-state index contributed by atoms with van der Waals surface area (Å²) in [5.74, 6) is 1.91. The van der Waals surface area contributed by atoms with Gasteiger partial charge in [0.2, 0.25) is 5.91 Å². The van der Waals surface area contributed by atoms with Crippen LogP contribution in [0.3, 0.4) is 0 Å². The fraction of sp³-hybridized carbons (Fsp3) is 0.533. The predicted octanol–water partition coefficient (Wildman–Crippen LogP) is 2.14. The molecule has 0 saturated carbocycles. The SMILES string of the molecule is CCCC(=O)N1CCc2cc3c(cc2C1)OCCO3. The largest absolute Gasteiger partial charge is 0.486 e. The maximum Gasteiger partial charge on any atom is 0.222 e. The summed E-state index contributed by atoms with van der Waals surface area (Å²) in [7, 11) is 0. The van der Waals surface area contributed by atoms with Gasteiger partial charge in [-0.15, -0.1) is 0 Å². The summed E-state index contributed by atoms with van der Waals surface area (Å²) in [6.45, 7) is 4.77. The molecule has 4 heteroatoms. The van der Waals surface area contributed by atoms with E-state index in [1.165, 1.54) is 11.1 Å². The van der Waals surface area contributed by atoms with E-state index in [1.54, 1.807) is 0 Å². The highest BCUT2D eigenvalue weighted by Gasteiger charge is 2.23. The molecule has 0 N–H and O–H groups in total. The number of hydrogen-bond acceptors (Lipinski definition) is 3. The molecule has 0 bridgehead atoms. The molecule has 2 aliphatic rings. The first kappa shape index (κ1) is 12.3. The lowest BCUT2D eigenvalue weighted by Gasteiger charge is -2.30. The standard InChI is InChI=1S/C15H19NO3/c1-2-3-15(17)16-5-4-11-8-13-14(9-12(11)10-16)19-7-6-18-13/h8-9H,2-7,10H2,1H3. The van der Waals surface area contributed by atoms with E-state index in [2.05, 4.69) is 6.07 Å². The summed E-state index contributed by atoms with van der Waals surface area (Å²) >= 11 is 0. The first-order valence-corrected chi connectivity index (χ1v) is 6.97. The Balaban J connectivity index is 1.82. The van der Waals surface area contributed by atoms with Gasteiger partial charge in [-0.3, -0.25) is 4.79 Å². The van der Waals surface area contributed by atoms with Gasteiger partial charge in [-0.05, 0) is 36.1 Å². The van der Waals surface area contributed by atoms with Crippen molar-refractivity contribution in [1.82, 2.24) is 4.90 Å². The van der Waals surface area contributed by atoms with Crippen LogP contribution in [0, 0.1) is 0 Å². The van der Waals surface area contributed by atoms with Crippen LogP contribution in [-0.4, -0.2) is 30.6 Å². The lowest BCUT2D eigenvalue weighted by molar-refractivity contribution is -0.132. The molecule has 19 heavy (non-hydrogen) atoms. The van der Waals surface area contributed by atoms with E-state index in [0.717, 1.165) is 30.9 Å². The number of amides is 1. The number of carbonyl (C=O) groups is 1. The number of carbonyl (C=O) groups excluding carboxylic acids is 1. The van der Waals surface area contributed by atoms with Crippen LogP contribution >= 0.6 is 0 Å². The second-order valence-corrected chi connectivity index (χ2v) is 5.08. The Hall–Kier alpha value is -1.71. The van der Waals surface area contributed by atoms with Gasteiger partial charge in [0.1, 0.15) is 13.2 Å². The van der Waals surface area contributed by atoms with Gasteiger partial charge < -0.3 is 14.4 Å². The summed E-state index contributed by atoms with van der Waals surface area (Å²) in [6, 6.07) is 4.11. The highest BCUT2D eigenvalue weighted by Crippen LogP contribution is 2.35. The minimum atomic E-state index is 0.253. The van der Waals surface area contributed by atoms with Crippen molar-refractivity contribution < 1.29 is 14.3 Å². The summed E-state index contributed by atoms with van der Waals surface area (Å²) in [4.78, 5) is 13.9. The average Bonchev–Trinajstić information content (AvgIpc) is 2.44. The molecule has 3 rings (SSSR count). The van der Waals surface area contributed by atoms with Crippen molar-refractivity contribution in [3.8, 4) is 11.5 Å². The van der Waals surface area contributed by atoms with Crippen LogP contribution in [0.4, 0.5) is 0 Å². The molecule has 0 fully saturated rings. The monoisotopic (exact) mass is 261 g/mol. The van der Waals surface area contributed by atoms with Gasteiger partial charge in [0.25, 0.3) is 0 Å². The normalized spacial score (nSPS) is 17.0. The highest BCUT2D eigenvalue weighted by atomic mass is 16.6. The van der Waals surface area contributed by atoms with Crippen molar-refractivity contribution in [2.75, 3.05) is 19.8 Å². The zero-order chi connectivity index (χ0) is 13.2. The van der Waals surface area contributed by atoms with Crippen molar-refractivity contribution in [1.29, 1.82) is 0 Å². The molecule has 1 amide bonds. The van der Waals surface area contributed by atoms with Gasteiger partial charge in [-0.25, -0.2) is 0 Å². The summed E-state index contributed by atoms with van der Waals surface area (Å²) in [5.41, 5.74) is 2.48. The van der Waals surface area contributed by atoms with Crippen LogP contribution in [0.5, 0.6) is 11.5 Å². The third kappa shape index (κ3) is 2.39. The van der Waals surface area contributed by atoms with Crippen LogP contribution in [0.1, 0.15) is 30.9 Å². The first-order valence-electron chi connectivity index (χ1n) is 6.97. The molecule has 0 unspecified atom stereocenters. The van der Waals surface area contributed by atoms with E-state index in [0.29, 0.717) is 26.2 Å². The molecule has 0 aliphatic carbocycles. The van der Waals surface area contributed by atoms with E-state index >= 15 is 0 Å². The Morgan fingerprint density at radius 2 is 1.89 bits per heavy atom. The van der Waals surface area contributed by atoms with E-state index < -0.39 is 0 Å². The van der Waals surface area contributed by atoms with Crippen LogP contribution < -0.4 is 9.47 Å². The molecule has 2 aliphatic heterocycles. The fourth-order valence-electron chi connectivity index (χ4n) is 2.68. The molecular weight excluding hydrogens is 242 g/mol. The fourth-order valence-corrected chi connectivity index (χ4v) is 2.68. The van der Waals surface area contributed by atoms with Gasteiger partial charge in [0.05, 0.1) is 0 Å². The predicted molar refractivity (Wildman–Crippen MR) is 71.5 cm³/mol. The van der Waals surface area contributed by atoms with Crippen molar-refractivity contribution in [3.05, 3.63) is 23.3 Å². The van der Waals surface area contributed by atoms with E-state index in [1.807, 2.05) is 17.9 Å². The maximum atomic E-state index is 12.0. The molecule has 1 aromatic rings. The van der Waals surface area contributed by atoms with Crippen LogP contribution in [-0.2, 0) is 17.8 Å². The van der Waals surface area contributed by atoms with E-state index in [-0.39, 0.29) is 5.91 Å². The summed E-state index contributed by atoms with van der Waals surface area (Å²) < 4.78 is 11.2. The van der Waals surface area contributed by atoms with Crippen molar-refractivity contribution in [2.45, 2.75) is 32.7 Å². The minimum absolute atomic E-state index is 0.253. The number of ether oxygens (including phenoxy) is 2. The molecule has 0 spiro atoms. The number of rotatable bonds is 2. The third-order valence-corrected chi connectivity index (χ3v) is 3.69. The number of fused-ring (bicyclic) bond motifs is 2. The summed E-state index contributed by atoms with van der Waals surface area (Å²) in [5, 5.41) is 0. The Labute approximate surface area is 113 Å². The molecule has 2 heterocycles. The van der Waals surface area contributed by atoms with Crippen LogP contribution in [0.2, 0.25) is 0 Å². The Kier molecular flexibility index (Phi) is 3.32. The van der Waals surface area contributed by atoms with Gasteiger partial charge in [-0.1, -0.05) is 6.92 Å². The van der Waals surface area contributed by atoms with Crippen LogP contribution in [0.25, 0.3) is 0 Å². The highest BCUT2D eigenvalue weighted by molar-refractivity contribution is 5.76. The zero-order valence-electron chi connectivity index (χ0n) is 11.3. The molecule has 0 saturated heterocycles. The quantitative estimate of drug-likeness (QED) is 0.818. The Morgan fingerprint density at radius 3 is 2.58 bits per heavy atom. The van der Waals surface area contributed by atoms with Crippen molar-refractivity contribution in [2.24, 2.45) is 0 Å². The molecular formula is C15H19NO3. The lowest BCUT2D eigenvalue weighted by atomic mass is 9.98. The average molecular weight is 261 g/mol. The smallest absolute Gasteiger partial charge is 0.222 e. The molecule has 1 aromatic carbocycles. The molecule has 0 aromatic heterocycles. The van der Waals surface area contributed by atoms with Gasteiger partial charge in [0, 0.05) is 19.5 Å². The van der Waals surface area contributed by atoms with Gasteiger partial charge in [-0.2, -0.15) is 0 Å². The molecule has 0 radical (unpaired) electrons. The Morgan fingerprint density at radius 1 is 1.21 bits per heavy atom. The van der Waals surface area contributed by atoms with E-state index in [9.17, 15) is 4.79 Å². The van der Waals surface area contributed by atoms with E-state index in [4.69, 9.17) is 9.47 Å². The molecule has 4 nitrogen and oxygen atoms in total. The van der Waals surface area contributed by atoms with Crippen molar-refractivity contribution in [3.63, 3.8) is 0 Å². The third-order valence-electron chi connectivity index (χ3n) is 3.69. The Bertz CT molecular complexity index is 498. The van der Waals surface area contributed by atoms with Crippen molar-refractivity contribution >= 4 is 5.91 Å². The summed E-state index contributed by atoms with van der Waals surface area (Å²) in [6.07, 6.45) is 2.45. The lowest BCUT2D eigenvalue weighted by Crippen LogP contribution is -2.35. The zero-order valence-corrected chi connectivity index (χ0v) is 11.3. The second-order valence-electron chi connectivity index (χ2n) is 5.08. The first-order chi connectivity index (χ1) is 9.28. The number of nitrogens with zero attached hydrogens (tertiary/aromatic N) is 1.